The number of carbonyl (C=O) groups is 1. The molecule has 0 aliphatic rings. The second kappa shape index (κ2) is 5.50. The molecule has 2 radical (unpaired) electrons. The molecule has 0 aliphatic heterocycles. The summed E-state index contributed by atoms with van der Waals surface area (Å²) in [6.07, 6.45) is 1.69. The molecular weight excluding hydrogens is 307 g/mol. The molecule has 2 heterocycles. The van der Waals surface area contributed by atoms with Crippen molar-refractivity contribution in [1.29, 1.82) is 0 Å². The van der Waals surface area contributed by atoms with E-state index in [1.165, 1.54) is 11.3 Å². The lowest BCUT2D eigenvalue weighted by atomic mass is 9.94. The molecule has 0 aliphatic carbocycles. The minimum Gasteiger partial charge on any atom is -0.320 e. The molecule has 2 aromatic heterocycles. The Balaban J connectivity index is 1.95. The van der Waals surface area contributed by atoms with E-state index in [1.54, 1.807) is 22.3 Å². The number of anilines is 1. The number of fused-ring (bicyclic) bond motifs is 1. The van der Waals surface area contributed by atoms with Crippen LogP contribution < -0.4 is 10.8 Å². The van der Waals surface area contributed by atoms with Crippen LogP contribution in [-0.2, 0) is 12.9 Å². The quantitative estimate of drug-likeness (QED) is 0.592. The van der Waals surface area contributed by atoms with E-state index in [2.05, 4.69) is 15.4 Å². The second-order valence-electron chi connectivity index (χ2n) is 4.48. The van der Waals surface area contributed by atoms with Gasteiger partial charge in [0, 0.05) is 17.8 Å². The standard InChI is InChI=1S/C13H10BClN4OS/c1-19-11-3-7(14)2-9(8(11)5-16-19)18-13(20)10-6-21-12(4-15)17-10/h2-3,5-6H,4H2,1H3,(H,18,20). The number of nitrogens with one attached hydrogen (secondary N) is 1. The summed E-state index contributed by atoms with van der Waals surface area (Å²) in [6.45, 7) is 0. The first-order chi connectivity index (χ1) is 10.1. The molecule has 0 fully saturated rings. The van der Waals surface area contributed by atoms with E-state index in [0.717, 1.165) is 10.9 Å². The number of hydrogen-bond acceptors (Lipinski definition) is 4. The lowest BCUT2D eigenvalue weighted by molar-refractivity contribution is 0.102. The van der Waals surface area contributed by atoms with Crippen LogP contribution in [0.3, 0.4) is 0 Å². The number of amides is 1. The third-order valence-electron chi connectivity index (χ3n) is 3.04. The van der Waals surface area contributed by atoms with E-state index in [1.807, 2.05) is 13.1 Å². The number of aromatic nitrogens is 3. The second-order valence-corrected chi connectivity index (χ2v) is 5.69. The van der Waals surface area contributed by atoms with Crippen LogP contribution in [-0.4, -0.2) is 28.5 Å². The molecule has 5 nitrogen and oxygen atoms in total. The molecule has 3 rings (SSSR count). The minimum atomic E-state index is -0.293. The molecule has 21 heavy (non-hydrogen) atoms. The zero-order chi connectivity index (χ0) is 15.0. The van der Waals surface area contributed by atoms with Crippen molar-refractivity contribution in [3.8, 4) is 0 Å². The van der Waals surface area contributed by atoms with E-state index in [9.17, 15) is 4.79 Å². The summed E-state index contributed by atoms with van der Waals surface area (Å²) in [5.41, 5.74) is 2.37. The van der Waals surface area contributed by atoms with Crippen LogP contribution in [0.4, 0.5) is 5.69 Å². The summed E-state index contributed by atoms with van der Waals surface area (Å²) in [5, 5.41) is 10.2. The van der Waals surface area contributed by atoms with Gasteiger partial charge in [-0.3, -0.25) is 9.48 Å². The van der Waals surface area contributed by atoms with Crippen LogP contribution in [0.15, 0.2) is 23.7 Å². The fourth-order valence-corrected chi connectivity index (χ4v) is 2.91. The van der Waals surface area contributed by atoms with Crippen molar-refractivity contribution in [1.82, 2.24) is 14.8 Å². The fraction of sp³-hybridized carbons (Fsp3) is 0.154. The van der Waals surface area contributed by atoms with Crippen molar-refractivity contribution in [2.24, 2.45) is 7.05 Å². The van der Waals surface area contributed by atoms with Gasteiger partial charge in [0.1, 0.15) is 18.5 Å². The van der Waals surface area contributed by atoms with Crippen molar-refractivity contribution in [3.63, 3.8) is 0 Å². The molecule has 8 heteroatoms. The zero-order valence-electron chi connectivity index (χ0n) is 11.1. The van der Waals surface area contributed by atoms with E-state index in [0.29, 0.717) is 27.7 Å². The summed E-state index contributed by atoms with van der Waals surface area (Å²) in [7, 11) is 7.69. The smallest absolute Gasteiger partial charge is 0.275 e. The van der Waals surface area contributed by atoms with Gasteiger partial charge < -0.3 is 5.32 Å². The number of thiazole rings is 1. The molecule has 0 unspecified atom stereocenters. The maximum Gasteiger partial charge on any atom is 0.275 e. The monoisotopic (exact) mass is 316 g/mol. The first-order valence-electron chi connectivity index (χ1n) is 6.11. The molecule has 0 bridgehead atoms. The van der Waals surface area contributed by atoms with Crippen molar-refractivity contribution >= 4 is 58.7 Å². The molecule has 104 valence electrons. The Morgan fingerprint density at radius 3 is 3.05 bits per heavy atom. The molecule has 0 atom stereocenters. The van der Waals surface area contributed by atoms with Gasteiger partial charge in [-0.05, 0) is 12.1 Å². The molecule has 0 spiro atoms. The van der Waals surface area contributed by atoms with Crippen molar-refractivity contribution < 1.29 is 4.79 Å². The maximum atomic E-state index is 12.2. The van der Waals surface area contributed by atoms with Crippen LogP contribution >= 0.6 is 22.9 Å². The molecule has 3 aromatic rings. The topological polar surface area (TPSA) is 59.8 Å². The average Bonchev–Trinajstić information content (AvgIpc) is 3.06. The fourth-order valence-electron chi connectivity index (χ4n) is 2.04. The van der Waals surface area contributed by atoms with Gasteiger partial charge in [0.2, 0.25) is 0 Å². The number of nitrogens with zero attached hydrogens (tertiary/aromatic N) is 3. The third-order valence-corrected chi connectivity index (χ3v) is 4.30. The summed E-state index contributed by atoms with van der Waals surface area (Å²) in [5.74, 6) is 0.00155. The van der Waals surface area contributed by atoms with Gasteiger partial charge in [-0.25, -0.2) is 4.98 Å². The number of hydrogen-bond donors (Lipinski definition) is 1. The van der Waals surface area contributed by atoms with E-state index >= 15 is 0 Å². The number of halogens is 1. The molecule has 1 aromatic carbocycles. The van der Waals surface area contributed by atoms with E-state index in [-0.39, 0.29) is 5.91 Å². The van der Waals surface area contributed by atoms with Crippen molar-refractivity contribution in [2.75, 3.05) is 5.32 Å². The molecular formula is C13H10BClN4OS. The highest BCUT2D eigenvalue weighted by atomic mass is 35.5. The SMILES string of the molecule is [B]c1cc(NC(=O)c2csc(CCl)n2)c2cnn(C)c2c1. The first-order valence-corrected chi connectivity index (χ1v) is 7.53. The molecule has 1 amide bonds. The van der Waals surface area contributed by atoms with Gasteiger partial charge in [0.15, 0.2) is 0 Å². The molecule has 1 N–H and O–H groups in total. The van der Waals surface area contributed by atoms with Crippen LogP contribution in [0.5, 0.6) is 0 Å². The van der Waals surface area contributed by atoms with E-state index < -0.39 is 0 Å². The summed E-state index contributed by atoms with van der Waals surface area (Å²) in [6, 6.07) is 3.52. The largest absolute Gasteiger partial charge is 0.320 e. The minimum absolute atomic E-state index is 0.293. The molecule has 0 saturated carbocycles. The summed E-state index contributed by atoms with van der Waals surface area (Å²) >= 11 is 7.05. The predicted octanol–water partition coefficient (Wildman–Crippen LogP) is 1.81. The van der Waals surface area contributed by atoms with Gasteiger partial charge in [0.25, 0.3) is 5.91 Å². The highest BCUT2D eigenvalue weighted by molar-refractivity contribution is 7.10. The lowest BCUT2D eigenvalue weighted by Gasteiger charge is -2.07. The number of rotatable bonds is 3. The van der Waals surface area contributed by atoms with Crippen molar-refractivity contribution in [2.45, 2.75) is 5.88 Å². The Morgan fingerprint density at radius 1 is 1.52 bits per heavy atom. The Labute approximate surface area is 131 Å². The zero-order valence-corrected chi connectivity index (χ0v) is 12.7. The normalized spacial score (nSPS) is 11.0. The van der Waals surface area contributed by atoms with Gasteiger partial charge in [-0.1, -0.05) is 5.46 Å². The van der Waals surface area contributed by atoms with Crippen LogP contribution in [0.25, 0.3) is 10.9 Å². The number of benzene rings is 1. The average molecular weight is 317 g/mol. The Bertz CT molecular complexity index is 829. The predicted molar refractivity (Wildman–Crippen MR) is 85.7 cm³/mol. The van der Waals surface area contributed by atoms with Crippen LogP contribution in [0.1, 0.15) is 15.5 Å². The number of aryl methyl sites for hydroxylation is 1. The van der Waals surface area contributed by atoms with Crippen LogP contribution in [0, 0.1) is 0 Å². The van der Waals surface area contributed by atoms with Crippen LogP contribution in [0.2, 0.25) is 0 Å². The first kappa shape index (κ1) is 14.1. The Kier molecular flexibility index (Phi) is 3.69. The molecule has 0 saturated heterocycles. The Hall–Kier alpha value is -1.86. The Morgan fingerprint density at radius 2 is 2.33 bits per heavy atom. The van der Waals surface area contributed by atoms with Gasteiger partial charge in [-0.2, -0.15) is 5.10 Å². The number of alkyl halides is 1. The highest BCUT2D eigenvalue weighted by Gasteiger charge is 2.13. The van der Waals surface area contributed by atoms with Gasteiger partial charge >= 0.3 is 0 Å². The maximum absolute atomic E-state index is 12.2. The third kappa shape index (κ3) is 2.66. The van der Waals surface area contributed by atoms with Crippen molar-refractivity contribution in [3.05, 3.63) is 34.4 Å². The van der Waals surface area contributed by atoms with Gasteiger partial charge in [0.05, 0.1) is 23.3 Å². The number of carbonyl (C=O) groups excluding carboxylic acids is 1. The lowest BCUT2D eigenvalue weighted by Crippen LogP contribution is -2.15. The highest BCUT2D eigenvalue weighted by Crippen LogP contribution is 2.22. The summed E-state index contributed by atoms with van der Waals surface area (Å²) < 4.78 is 1.70. The van der Waals surface area contributed by atoms with E-state index in [4.69, 9.17) is 19.4 Å². The summed E-state index contributed by atoms with van der Waals surface area (Å²) in [4.78, 5) is 16.4. The van der Waals surface area contributed by atoms with Gasteiger partial charge in [-0.15, -0.1) is 22.9 Å².